The van der Waals surface area contributed by atoms with E-state index in [9.17, 15) is 14.9 Å². The van der Waals surface area contributed by atoms with E-state index in [1.54, 1.807) is 12.1 Å². The molecule has 2 rings (SSSR count). The highest BCUT2D eigenvalue weighted by Crippen LogP contribution is 2.28. The second-order valence-electron chi connectivity index (χ2n) is 4.37. The maximum Gasteiger partial charge on any atom is 0.328 e. The molecule has 1 aliphatic heterocycles. The van der Waals surface area contributed by atoms with Crippen LogP contribution in [0, 0.1) is 10.1 Å². The first-order chi connectivity index (χ1) is 9.08. The number of rotatable bonds is 4. The largest absolute Gasteiger partial charge is 0.478 e. The number of hydrogen-bond donors (Lipinski definition) is 1. The van der Waals surface area contributed by atoms with Gasteiger partial charge in [0.25, 0.3) is 5.69 Å². The van der Waals surface area contributed by atoms with Crippen molar-refractivity contribution in [3.8, 4) is 0 Å². The number of nitrogens with zero attached hydrogens (tertiary/aromatic N) is 2. The van der Waals surface area contributed by atoms with Gasteiger partial charge in [-0.1, -0.05) is 0 Å². The van der Waals surface area contributed by atoms with Crippen LogP contribution in [-0.2, 0) is 4.79 Å². The molecular formula is C13H14N2O4. The summed E-state index contributed by atoms with van der Waals surface area (Å²) < 4.78 is 0. The number of carbonyl (C=O) groups is 1. The van der Waals surface area contributed by atoms with Gasteiger partial charge in [0.05, 0.1) is 10.5 Å². The number of carboxylic acid groups (broad SMARTS) is 1. The third-order valence-electron chi connectivity index (χ3n) is 3.08. The zero-order valence-electron chi connectivity index (χ0n) is 10.3. The first-order valence-corrected chi connectivity index (χ1v) is 6.02. The van der Waals surface area contributed by atoms with Crippen LogP contribution in [-0.4, -0.2) is 29.1 Å². The molecule has 6 heteroatoms. The molecule has 1 fully saturated rings. The fraction of sp³-hybridized carbons (Fsp3) is 0.308. The van der Waals surface area contributed by atoms with Crippen molar-refractivity contribution < 1.29 is 14.8 Å². The molecule has 0 amide bonds. The Morgan fingerprint density at radius 1 is 1.37 bits per heavy atom. The second-order valence-corrected chi connectivity index (χ2v) is 4.37. The summed E-state index contributed by atoms with van der Waals surface area (Å²) in [6.45, 7) is 1.86. The Balaban J connectivity index is 2.37. The molecule has 0 atom stereocenters. The van der Waals surface area contributed by atoms with Gasteiger partial charge in [-0.2, -0.15) is 0 Å². The fourth-order valence-electron chi connectivity index (χ4n) is 2.17. The minimum atomic E-state index is -1.12. The number of carboxylic acids is 1. The molecule has 1 aromatic carbocycles. The maximum absolute atomic E-state index is 10.9. The predicted octanol–water partition coefficient (Wildman–Crippen LogP) is 2.29. The average Bonchev–Trinajstić information content (AvgIpc) is 2.89. The molecule has 0 radical (unpaired) electrons. The molecular weight excluding hydrogens is 248 g/mol. The van der Waals surface area contributed by atoms with Crippen molar-refractivity contribution in [1.29, 1.82) is 0 Å². The van der Waals surface area contributed by atoms with Gasteiger partial charge in [0.2, 0.25) is 0 Å². The molecule has 0 saturated carbocycles. The summed E-state index contributed by atoms with van der Waals surface area (Å²) in [5.74, 6) is -1.12. The SMILES string of the molecule is O=C(O)/C=C/c1cc(N2CCCC2)ccc1[N+](=O)[O-]. The molecule has 0 unspecified atom stereocenters. The van der Waals surface area contributed by atoms with Crippen LogP contribution in [0.1, 0.15) is 18.4 Å². The molecule has 19 heavy (non-hydrogen) atoms. The average molecular weight is 262 g/mol. The molecule has 1 N–H and O–H groups in total. The Labute approximate surface area is 110 Å². The fourth-order valence-corrected chi connectivity index (χ4v) is 2.17. The number of nitro benzene ring substituents is 1. The topological polar surface area (TPSA) is 83.7 Å². The second kappa shape index (κ2) is 5.51. The number of aliphatic carboxylic acids is 1. The van der Waals surface area contributed by atoms with Gasteiger partial charge in [-0.25, -0.2) is 4.79 Å². The van der Waals surface area contributed by atoms with Gasteiger partial charge in [0, 0.05) is 30.9 Å². The third kappa shape index (κ3) is 3.09. The number of nitro groups is 1. The van der Waals surface area contributed by atoms with Crippen LogP contribution < -0.4 is 4.90 Å². The van der Waals surface area contributed by atoms with E-state index in [1.165, 1.54) is 12.1 Å². The maximum atomic E-state index is 10.9. The van der Waals surface area contributed by atoms with Crippen LogP contribution in [0.4, 0.5) is 11.4 Å². The molecule has 0 aromatic heterocycles. The van der Waals surface area contributed by atoms with Gasteiger partial charge in [-0.3, -0.25) is 10.1 Å². The minimum Gasteiger partial charge on any atom is -0.478 e. The van der Waals surface area contributed by atoms with Crippen LogP contribution in [0.25, 0.3) is 6.08 Å². The Bertz CT molecular complexity index is 533. The molecule has 1 aromatic rings. The molecule has 100 valence electrons. The lowest BCUT2D eigenvalue weighted by Crippen LogP contribution is -2.17. The van der Waals surface area contributed by atoms with Gasteiger partial charge < -0.3 is 10.0 Å². The number of hydrogen-bond acceptors (Lipinski definition) is 4. The lowest BCUT2D eigenvalue weighted by atomic mass is 10.1. The van der Waals surface area contributed by atoms with E-state index >= 15 is 0 Å². The van der Waals surface area contributed by atoms with Gasteiger partial charge >= 0.3 is 5.97 Å². The van der Waals surface area contributed by atoms with Crippen LogP contribution in [0.15, 0.2) is 24.3 Å². The summed E-state index contributed by atoms with van der Waals surface area (Å²) >= 11 is 0. The van der Waals surface area contributed by atoms with E-state index in [0.29, 0.717) is 5.56 Å². The van der Waals surface area contributed by atoms with Gasteiger partial charge in [-0.05, 0) is 31.1 Å². The Kier molecular flexibility index (Phi) is 3.79. The molecule has 1 heterocycles. The van der Waals surface area contributed by atoms with Crippen molar-refractivity contribution in [3.63, 3.8) is 0 Å². The molecule has 6 nitrogen and oxygen atoms in total. The van der Waals surface area contributed by atoms with Crippen molar-refractivity contribution in [2.24, 2.45) is 0 Å². The van der Waals surface area contributed by atoms with Crippen molar-refractivity contribution >= 4 is 23.4 Å². The first kappa shape index (κ1) is 13.1. The van der Waals surface area contributed by atoms with E-state index in [1.807, 2.05) is 0 Å². The van der Waals surface area contributed by atoms with E-state index in [0.717, 1.165) is 37.7 Å². The molecule has 0 bridgehead atoms. The summed E-state index contributed by atoms with van der Waals surface area (Å²) in [5.41, 5.74) is 1.13. The van der Waals surface area contributed by atoms with E-state index in [-0.39, 0.29) is 5.69 Å². The molecule has 0 spiro atoms. The summed E-state index contributed by atoms with van der Waals surface area (Å²) in [6, 6.07) is 4.81. The smallest absolute Gasteiger partial charge is 0.328 e. The molecule has 1 saturated heterocycles. The van der Waals surface area contributed by atoms with Crippen molar-refractivity contribution in [3.05, 3.63) is 40.0 Å². The lowest BCUT2D eigenvalue weighted by Gasteiger charge is -2.17. The van der Waals surface area contributed by atoms with Gasteiger partial charge in [-0.15, -0.1) is 0 Å². The normalized spacial score (nSPS) is 15.1. The highest BCUT2D eigenvalue weighted by atomic mass is 16.6. The summed E-state index contributed by atoms with van der Waals surface area (Å²) in [6.07, 6.45) is 4.39. The third-order valence-corrected chi connectivity index (χ3v) is 3.08. The lowest BCUT2D eigenvalue weighted by molar-refractivity contribution is -0.385. The molecule has 1 aliphatic rings. The minimum absolute atomic E-state index is 0.0829. The van der Waals surface area contributed by atoms with Crippen LogP contribution >= 0.6 is 0 Å². The van der Waals surface area contributed by atoms with Crippen LogP contribution in [0.5, 0.6) is 0 Å². The Hall–Kier alpha value is -2.37. The number of anilines is 1. The summed E-state index contributed by atoms with van der Waals surface area (Å²) in [7, 11) is 0. The Morgan fingerprint density at radius 2 is 2.05 bits per heavy atom. The van der Waals surface area contributed by atoms with Crippen molar-refractivity contribution in [1.82, 2.24) is 0 Å². The quantitative estimate of drug-likeness (QED) is 0.511. The summed E-state index contributed by atoms with van der Waals surface area (Å²) in [4.78, 5) is 23.1. The predicted molar refractivity (Wildman–Crippen MR) is 71.2 cm³/mol. The Morgan fingerprint density at radius 3 is 2.63 bits per heavy atom. The zero-order chi connectivity index (χ0) is 13.8. The van der Waals surface area contributed by atoms with E-state index in [4.69, 9.17) is 5.11 Å². The first-order valence-electron chi connectivity index (χ1n) is 6.02. The summed E-state index contributed by atoms with van der Waals surface area (Å²) in [5, 5.41) is 19.5. The van der Waals surface area contributed by atoms with Crippen molar-refractivity contribution in [2.45, 2.75) is 12.8 Å². The standard InChI is InChI=1S/C13H14N2O4/c16-13(17)6-3-10-9-11(14-7-1-2-8-14)4-5-12(10)15(18)19/h3-6,9H,1-2,7-8H2,(H,16,17)/b6-3+. The van der Waals surface area contributed by atoms with Crippen LogP contribution in [0.3, 0.4) is 0 Å². The van der Waals surface area contributed by atoms with E-state index in [2.05, 4.69) is 4.90 Å². The number of benzene rings is 1. The zero-order valence-corrected chi connectivity index (χ0v) is 10.3. The molecule has 0 aliphatic carbocycles. The van der Waals surface area contributed by atoms with E-state index < -0.39 is 10.9 Å². The van der Waals surface area contributed by atoms with Crippen molar-refractivity contribution in [2.75, 3.05) is 18.0 Å². The highest BCUT2D eigenvalue weighted by molar-refractivity contribution is 5.86. The van der Waals surface area contributed by atoms with Gasteiger partial charge in [0.1, 0.15) is 0 Å². The monoisotopic (exact) mass is 262 g/mol. The van der Waals surface area contributed by atoms with Crippen LogP contribution in [0.2, 0.25) is 0 Å². The highest BCUT2D eigenvalue weighted by Gasteiger charge is 2.17. The van der Waals surface area contributed by atoms with Gasteiger partial charge in [0.15, 0.2) is 0 Å².